The normalized spacial score (nSPS) is 21.0. The van der Waals surface area contributed by atoms with Gasteiger partial charge in [0.2, 0.25) is 0 Å². The number of carbonyl (C=O) groups is 1. The molecule has 1 aromatic heterocycles. The van der Waals surface area contributed by atoms with Crippen LogP contribution in [-0.2, 0) is 11.3 Å². The standard InChI is InChI=1S/C18H27N3O2/c1-14-10-16(7-8-19-14)11-20-18(22)21(12-15-4-2-5-15)13-17-6-3-9-23-17/h7-8,10,15,17H,2-6,9,11-13H2,1H3,(H,20,22)/t17-/m1/s1. The molecule has 23 heavy (non-hydrogen) atoms. The van der Waals surface area contributed by atoms with E-state index in [0.717, 1.165) is 43.8 Å². The first-order valence-corrected chi connectivity index (χ1v) is 8.76. The number of urea groups is 1. The Morgan fingerprint density at radius 2 is 2.22 bits per heavy atom. The molecule has 1 saturated heterocycles. The van der Waals surface area contributed by atoms with Gasteiger partial charge in [0, 0.05) is 38.1 Å². The summed E-state index contributed by atoms with van der Waals surface area (Å²) in [4.78, 5) is 18.8. The predicted octanol–water partition coefficient (Wildman–Crippen LogP) is 2.88. The number of nitrogens with zero attached hydrogens (tertiary/aromatic N) is 2. The molecule has 2 amide bonds. The maximum absolute atomic E-state index is 12.6. The van der Waals surface area contributed by atoms with Crippen molar-refractivity contribution < 1.29 is 9.53 Å². The number of amides is 2. The van der Waals surface area contributed by atoms with E-state index in [4.69, 9.17) is 4.74 Å². The van der Waals surface area contributed by atoms with Gasteiger partial charge < -0.3 is 15.0 Å². The summed E-state index contributed by atoms with van der Waals surface area (Å²) in [5.74, 6) is 0.672. The molecule has 2 aliphatic rings. The van der Waals surface area contributed by atoms with E-state index in [9.17, 15) is 4.79 Å². The Labute approximate surface area is 138 Å². The molecule has 1 saturated carbocycles. The summed E-state index contributed by atoms with van der Waals surface area (Å²) in [6.45, 7) is 4.93. The largest absolute Gasteiger partial charge is 0.376 e. The number of hydrogen-bond acceptors (Lipinski definition) is 3. The van der Waals surface area contributed by atoms with E-state index in [1.165, 1.54) is 19.3 Å². The van der Waals surface area contributed by atoms with Crippen molar-refractivity contribution in [2.75, 3.05) is 19.7 Å². The van der Waals surface area contributed by atoms with Gasteiger partial charge in [-0.3, -0.25) is 4.98 Å². The molecular formula is C18H27N3O2. The highest BCUT2D eigenvalue weighted by Crippen LogP contribution is 2.27. The van der Waals surface area contributed by atoms with Crippen molar-refractivity contribution in [3.63, 3.8) is 0 Å². The van der Waals surface area contributed by atoms with Crippen molar-refractivity contribution in [1.82, 2.24) is 15.2 Å². The maximum Gasteiger partial charge on any atom is 0.317 e. The Kier molecular flexibility index (Phi) is 5.49. The lowest BCUT2D eigenvalue weighted by Gasteiger charge is -2.33. The molecule has 3 rings (SSSR count). The predicted molar refractivity (Wildman–Crippen MR) is 89.1 cm³/mol. The minimum Gasteiger partial charge on any atom is -0.376 e. The second kappa shape index (κ2) is 7.77. The van der Waals surface area contributed by atoms with Gasteiger partial charge in [-0.2, -0.15) is 0 Å². The zero-order valence-corrected chi connectivity index (χ0v) is 14.0. The van der Waals surface area contributed by atoms with E-state index >= 15 is 0 Å². The fraction of sp³-hybridized carbons (Fsp3) is 0.667. The third-order valence-electron chi connectivity index (χ3n) is 4.84. The van der Waals surface area contributed by atoms with Crippen LogP contribution in [0.5, 0.6) is 0 Å². The van der Waals surface area contributed by atoms with E-state index in [-0.39, 0.29) is 12.1 Å². The number of ether oxygens (including phenoxy) is 1. The minimum atomic E-state index is 0.0295. The lowest BCUT2D eigenvalue weighted by atomic mass is 9.85. The maximum atomic E-state index is 12.6. The van der Waals surface area contributed by atoms with E-state index in [1.807, 2.05) is 24.0 Å². The molecule has 0 unspecified atom stereocenters. The Balaban J connectivity index is 1.54. The summed E-state index contributed by atoms with van der Waals surface area (Å²) in [5, 5.41) is 3.06. The quantitative estimate of drug-likeness (QED) is 0.878. The van der Waals surface area contributed by atoms with Crippen LogP contribution in [0.1, 0.15) is 43.4 Å². The summed E-state index contributed by atoms with van der Waals surface area (Å²) < 4.78 is 5.72. The molecule has 126 valence electrons. The first-order valence-electron chi connectivity index (χ1n) is 8.76. The number of aryl methyl sites for hydroxylation is 1. The van der Waals surface area contributed by atoms with E-state index < -0.39 is 0 Å². The zero-order valence-electron chi connectivity index (χ0n) is 14.0. The molecular weight excluding hydrogens is 290 g/mol. The van der Waals surface area contributed by atoms with Gasteiger partial charge in [-0.05, 0) is 56.2 Å². The Morgan fingerprint density at radius 1 is 1.35 bits per heavy atom. The van der Waals surface area contributed by atoms with Crippen LogP contribution in [0.3, 0.4) is 0 Å². The van der Waals surface area contributed by atoms with Crippen LogP contribution in [0.25, 0.3) is 0 Å². The monoisotopic (exact) mass is 317 g/mol. The number of nitrogens with one attached hydrogen (secondary N) is 1. The van der Waals surface area contributed by atoms with Crippen molar-refractivity contribution in [3.05, 3.63) is 29.6 Å². The van der Waals surface area contributed by atoms with Crippen molar-refractivity contribution in [1.29, 1.82) is 0 Å². The molecule has 5 heteroatoms. The fourth-order valence-corrected chi connectivity index (χ4v) is 3.27. The van der Waals surface area contributed by atoms with E-state index in [1.54, 1.807) is 6.20 Å². The summed E-state index contributed by atoms with van der Waals surface area (Å²) in [6.07, 6.45) is 7.98. The molecule has 0 radical (unpaired) electrons. The van der Waals surface area contributed by atoms with Crippen molar-refractivity contribution in [2.45, 2.75) is 51.7 Å². The average molecular weight is 317 g/mol. The minimum absolute atomic E-state index is 0.0295. The van der Waals surface area contributed by atoms with Crippen LogP contribution in [0.4, 0.5) is 4.79 Å². The molecule has 0 spiro atoms. The smallest absolute Gasteiger partial charge is 0.317 e. The average Bonchev–Trinajstić information content (AvgIpc) is 3.00. The third-order valence-corrected chi connectivity index (χ3v) is 4.84. The van der Waals surface area contributed by atoms with Gasteiger partial charge in [0.1, 0.15) is 0 Å². The van der Waals surface area contributed by atoms with Crippen LogP contribution in [0.15, 0.2) is 18.3 Å². The SMILES string of the molecule is Cc1cc(CNC(=O)N(CC2CCC2)C[C@H]2CCCO2)ccn1. The highest BCUT2D eigenvalue weighted by atomic mass is 16.5. The fourth-order valence-electron chi connectivity index (χ4n) is 3.27. The molecule has 1 aliphatic heterocycles. The van der Waals surface area contributed by atoms with E-state index in [0.29, 0.717) is 12.5 Å². The number of aromatic nitrogens is 1. The zero-order chi connectivity index (χ0) is 16.1. The number of hydrogen-bond donors (Lipinski definition) is 1. The van der Waals surface area contributed by atoms with Crippen LogP contribution >= 0.6 is 0 Å². The Hall–Kier alpha value is -1.62. The number of rotatable bonds is 6. The van der Waals surface area contributed by atoms with Crippen LogP contribution in [0.2, 0.25) is 0 Å². The Bertz CT molecular complexity index is 525. The lowest BCUT2D eigenvalue weighted by Crippen LogP contribution is -2.46. The summed E-state index contributed by atoms with van der Waals surface area (Å²) >= 11 is 0. The first kappa shape index (κ1) is 16.2. The van der Waals surface area contributed by atoms with Crippen LogP contribution in [0, 0.1) is 12.8 Å². The van der Waals surface area contributed by atoms with Gasteiger partial charge in [0.05, 0.1) is 6.10 Å². The van der Waals surface area contributed by atoms with Gasteiger partial charge >= 0.3 is 6.03 Å². The third kappa shape index (κ3) is 4.67. The van der Waals surface area contributed by atoms with Crippen molar-refractivity contribution >= 4 is 6.03 Å². The number of carbonyl (C=O) groups excluding carboxylic acids is 1. The second-order valence-electron chi connectivity index (χ2n) is 6.80. The summed E-state index contributed by atoms with van der Waals surface area (Å²) in [5.41, 5.74) is 2.06. The summed E-state index contributed by atoms with van der Waals surface area (Å²) in [6, 6.07) is 3.99. The Morgan fingerprint density at radius 3 is 2.87 bits per heavy atom. The van der Waals surface area contributed by atoms with Crippen molar-refractivity contribution in [2.24, 2.45) is 5.92 Å². The molecule has 1 aromatic rings. The van der Waals surface area contributed by atoms with Crippen LogP contribution < -0.4 is 5.32 Å². The summed E-state index contributed by atoms with van der Waals surface area (Å²) in [7, 11) is 0. The van der Waals surface area contributed by atoms with Gasteiger partial charge in [-0.1, -0.05) is 6.42 Å². The lowest BCUT2D eigenvalue weighted by molar-refractivity contribution is 0.0720. The molecule has 2 heterocycles. The molecule has 1 aliphatic carbocycles. The van der Waals surface area contributed by atoms with Gasteiger partial charge in [-0.25, -0.2) is 4.79 Å². The van der Waals surface area contributed by atoms with Gasteiger partial charge in [0.15, 0.2) is 0 Å². The van der Waals surface area contributed by atoms with E-state index in [2.05, 4.69) is 10.3 Å². The first-order chi connectivity index (χ1) is 11.2. The molecule has 0 bridgehead atoms. The molecule has 0 aromatic carbocycles. The highest BCUT2D eigenvalue weighted by molar-refractivity contribution is 5.74. The molecule has 5 nitrogen and oxygen atoms in total. The van der Waals surface area contributed by atoms with Gasteiger partial charge in [-0.15, -0.1) is 0 Å². The topological polar surface area (TPSA) is 54.5 Å². The second-order valence-corrected chi connectivity index (χ2v) is 6.80. The molecule has 2 fully saturated rings. The highest BCUT2D eigenvalue weighted by Gasteiger charge is 2.27. The van der Waals surface area contributed by atoms with Gasteiger partial charge in [0.25, 0.3) is 0 Å². The molecule has 1 atom stereocenters. The van der Waals surface area contributed by atoms with Crippen LogP contribution in [-0.4, -0.2) is 41.7 Å². The van der Waals surface area contributed by atoms with Crippen molar-refractivity contribution in [3.8, 4) is 0 Å². The molecule has 1 N–H and O–H groups in total. The number of pyridine rings is 1.